The number of aliphatic hydroxyl groups is 1. The van der Waals surface area contributed by atoms with Crippen LogP contribution in [0.3, 0.4) is 0 Å². The summed E-state index contributed by atoms with van der Waals surface area (Å²) in [5.74, 6) is 1.31. The zero-order chi connectivity index (χ0) is 20.2. The van der Waals surface area contributed by atoms with Crippen molar-refractivity contribution in [3.8, 4) is 11.4 Å². The van der Waals surface area contributed by atoms with E-state index in [9.17, 15) is 9.90 Å². The smallest absolute Gasteiger partial charge is 0.258 e. The van der Waals surface area contributed by atoms with Crippen molar-refractivity contribution < 1.29 is 9.84 Å². The number of hydrogen-bond acceptors (Lipinski definition) is 6. The summed E-state index contributed by atoms with van der Waals surface area (Å²) >= 11 is 0. The molecule has 150 valence electrons. The molecular weight excluding hydrogens is 368 g/mol. The molecule has 4 rings (SSSR count). The van der Waals surface area contributed by atoms with Crippen LogP contribution in [0.2, 0.25) is 0 Å². The molecule has 7 heteroatoms. The largest absolute Gasteiger partial charge is 0.489 e. The lowest BCUT2D eigenvalue weighted by atomic mass is 10.2. The minimum absolute atomic E-state index is 0.0301. The number of aromatic nitrogens is 2. The number of ether oxygens (including phenoxy) is 1. The summed E-state index contributed by atoms with van der Waals surface area (Å²) in [7, 11) is 1.84. The van der Waals surface area contributed by atoms with Gasteiger partial charge in [0.25, 0.3) is 5.56 Å². The lowest BCUT2D eigenvalue weighted by Crippen LogP contribution is -2.36. The van der Waals surface area contributed by atoms with E-state index in [0.29, 0.717) is 31.1 Å². The highest BCUT2D eigenvalue weighted by molar-refractivity contribution is 5.45. The van der Waals surface area contributed by atoms with Gasteiger partial charge >= 0.3 is 0 Å². The Kier molecular flexibility index (Phi) is 5.59. The molecule has 1 aliphatic rings. The number of aliphatic hydroxyl groups excluding tert-OH is 1. The van der Waals surface area contributed by atoms with E-state index in [1.54, 1.807) is 18.5 Å². The van der Waals surface area contributed by atoms with Gasteiger partial charge in [0, 0.05) is 25.4 Å². The zero-order valence-electron chi connectivity index (χ0n) is 16.2. The van der Waals surface area contributed by atoms with Crippen LogP contribution >= 0.6 is 0 Å². The number of nitrogens with zero attached hydrogens (tertiary/aromatic N) is 3. The van der Waals surface area contributed by atoms with Crippen molar-refractivity contribution in [3.05, 3.63) is 82.9 Å². The molecule has 2 atom stereocenters. The van der Waals surface area contributed by atoms with Crippen molar-refractivity contribution >= 4 is 5.82 Å². The first-order valence-corrected chi connectivity index (χ1v) is 9.60. The maximum atomic E-state index is 12.5. The van der Waals surface area contributed by atoms with E-state index < -0.39 is 6.10 Å². The summed E-state index contributed by atoms with van der Waals surface area (Å²) in [5.41, 5.74) is 1.54. The molecule has 2 N–H and O–H groups in total. The lowest BCUT2D eigenvalue weighted by molar-refractivity contribution is 0.168. The molecule has 0 aliphatic carbocycles. The Morgan fingerprint density at radius 3 is 2.66 bits per heavy atom. The average Bonchev–Trinajstić information content (AvgIpc) is 3.14. The molecule has 29 heavy (non-hydrogen) atoms. The van der Waals surface area contributed by atoms with E-state index in [1.807, 2.05) is 54.4 Å². The van der Waals surface area contributed by atoms with Crippen LogP contribution in [0.4, 0.5) is 5.82 Å². The number of β-amino-alcohol motifs (C(OH)–C–C–N with tert-alkyl or cyclic N) is 1. The van der Waals surface area contributed by atoms with Gasteiger partial charge in [0.1, 0.15) is 18.2 Å². The summed E-state index contributed by atoms with van der Waals surface area (Å²) in [6.07, 6.45) is 2.93. The molecule has 1 fully saturated rings. The van der Waals surface area contributed by atoms with Crippen LogP contribution in [-0.2, 0) is 6.61 Å². The van der Waals surface area contributed by atoms with Gasteiger partial charge in [-0.15, -0.1) is 0 Å². The highest BCUT2D eigenvalue weighted by atomic mass is 16.5. The van der Waals surface area contributed by atoms with E-state index in [2.05, 4.69) is 10.3 Å². The third-order valence-electron chi connectivity index (χ3n) is 5.13. The van der Waals surface area contributed by atoms with Crippen molar-refractivity contribution in [2.24, 2.45) is 0 Å². The normalized spacial score (nSPS) is 18.8. The Labute approximate surface area is 169 Å². The predicted octanol–water partition coefficient (Wildman–Crippen LogP) is 1.58. The standard InChI is InChI=1S/C22H24N4O3/c1-23-19-13-25(14-20(19)27)21-8-7-17(12-24-21)26-10-9-18(11-22(26)28)29-15-16-5-3-2-4-6-16/h2-12,19-20,23,27H,13-15H2,1H3/t19-,20-/m1/s1. The average molecular weight is 392 g/mol. The Hall–Kier alpha value is -3.16. The number of hydrogen-bond donors (Lipinski definition) is 2. The van der Waals surface area contributed by atoms with E-state index in [4.69, 9.17) is 4.74 Å². The van der Waals surface area contributed by atoms with Crippen LogP contribution in [0.25, 0.3) is 5.69 Å². The SMILES string of the molecule is CN[C@@H]1CN(c2ccc(-n3ccc(OCc4ccccc4)cc3=O)cn2)C[C@H]1O. The monoisotopic (exact) mass is 392 g/mol. The first-order chi connectivity index (χ1) is 14.1. The minimum atomic E-state index is -0.424. The Morgan fingerprint density at radius 1 is 1.17 bits per heavy atom. The summed E-state index contributed by atoms with van der Waals surface area (Å²) in [5, 5.41) is 13.2. The topological polar surface area (TPSA) is 79.6 Å². The molecule has 2 aromatic heterocycles. The number of benzene rings is 1. The second-order valence-corrected chi connectivity index (χ2v) is 7.09. The van der Waals surface area contributed by atoms with Crippen molar-refractivity contribution in [2.75, 3.05) is 25.0 Å². The van der Waals surface area contributed by atoms with Gasteiger partial charge in [0.2, 0.25) is 0 Å². The summed E-state index contributed by atoms with van der Waals surface area (Å²) in [4.78, 5) is 19.0. The quantitative estimate of drug-likeness (QED) is 0.663. The second-order valence-electron chi connectivity index (χ2n) is 7.09. The van der Waals surface area contributed by atoms with Crippen LogP contribution in [0.1, 0.15) is 5.56 Å². The molecular formula is C22H24N4O3. The molecule has 0 amide bonds. The summed E-state index contributed by atoms with van der Waals surface area (Å²) < 4.78 is 7.24. The number of rotatable bonds is 6. The van der Waals surface area contributed by atoms with Crippen LogP contribution in [0, 0.1) is 0 Å². The van der Waals surface area contributed by atoms with Gasteiger partial charge in [-0.25, -0.2) is 4.98 Å². The molecule has 3 aromatic rings. The van der Waals surface area contributed by atoms with Gasteiger partial charge in [0.05, 0.1) is 24.0 Å². The van der Waals surface area contributed by atoms with Gasteiger partial charge < -0.3 is 20.1 Å². The lowest BCUT2D eigenvalue weighted by Gasteiger charge is -2.17. The highest BCUT2D eigenvalue weighted by Gasteiger charge is 2.30. The van der Waals surface area contributed by atoms with Gasteiger partial charge in [-0.3, -0.25) is 9.36 Å². The van der Waals surface area contributed by atoms with Crippen LogP contribution in [-0.4, -0.2) is 46.9 Å². The first kappa shape index (κ1) is 19.2. The molecule has 0 bridgehead atoms. The van der Waals surface area contributed by atoms with Gasteiger partial charge in [-0.05, 0) is 30.8 Å². The molecule has 1 saturated heterocycles. The molecule has 1 aliphatic heterocycles. The Morgan fingerprint density at radius 2 is 2.00 bits per heavy atom. The fraction of sp³-hybridized carbons (Fsp3) is 0.273. The van der Waals surface area contributed by atoms with E-state index >= 15 is 0 Å². The van der Waals surface area contributed by atoms with E-state index in [0.717, 1.165) is 11.4 Å². The number of nitrogens with one attached hydrogen (secondary N) is 1. The fourth-order valence-corrected chi connectivity index (χ4v) is 3.47. The van der Waals surface area contributed by atoms with Crippen molar-refractivity contribution in [1.82, 2.24) is 14.9 Å². The van der Waals surface area contributed by atoms with Crippen LogP contribution in [0.15, 0.2) is 71.8 Å². The van der Waals surface area contributed by atoms with Gasteiger partial charge in [-0.1, -0.05) is 30.3 Å². The Balaban J connectivity index is 1.45. The third-order valence-corrected chi connectivity index (χ3v) is 5.13. The molecule has 7 nitrogen and oxygen atoms in total. The molecule has 0 radical (unpaired) electrons. The van der Waals surface area contributed by atoms with Crippen molar-refractivity contribution in [2.45, 2.75) is 18.8 Å². The predicted molar refractivity (Wildman–Crippen MR) is 112 cm³/mol. The van der Waals surface area contributed by atoms with Crippen LogP contribution in [0.5, 0.6) is 5.75 Å². The maximum Gasteiger partial charge on any atom is 0.258 e. The highest BCUT2D eigenvalue weighted by Crippen LogP contribution is 2.20. The number of anilines is 1. The maximum absolute atomic E-state index is 12.5. The van der Waals surface area contributed by atoms with Gasteiger partial charge in [-0.2, -0.15) is 0 Å². The Bertz CT molecular complexity index is 1000. The van der Waals surface area contributed by atoms with E-state index in [1.165, 1.54) is 10.6 Å². The van der Waals surface area contributed by atoms with Crippen LogP contribution < -0.4 is 20.5 Å². The van der Waals surface area contributed by atoms with Gasteiger partial charge in [0.15, 0.2) is 0 Å². The van der Waals surface area contributed by atoms with Crippen molar-refractivity contribution in [3.63, 3.8) is 0 Å². The van der Waals surface area contributed by atoms with Crippen molar-refractivity contribution in [1.29, 1.82) is 0 Å². The molecule has 1 aromatic carbocycles. The van der Waals surface area contributed by atoms with E-state index in [-0.39, 0.29) is 11.6 Å². The zero-order valence-corrected chi connectivity index (χ0v) is 16.2. The summed E-state index contributed by atoms with van der Waals surface area (Å²) in [6, 6.07) is 16.8. The molecule has 0 saturated carbocycles. The minimum Gasteiger partial charge on any atom is -0.489 e. The number of likely N-dealkylation sites (N-methyl/N-ethyl adjacent to an activating group) is 1. The fourth-order valence-electron chi connectivity index (χ4n) is 3.47. The molecule has 0 spiro atoms. The number of pyridine rings is 2. The first-order valence-electron chi connectivity index (χ1n) is 9.60. The second kappa shape index (κ2) is 8.46. The summed E-state index contributed by atoms with van der Waals surface area (Å²) in [6.45, 7) is 1.64. The molecule has 0 unspecified atom stereocenters. The molecule has 3 heterocycles. The third kappa shape index (κ3) is 4.31.